The highest BCUT2D eigenvalue weighted by Crippen LogP contribution is 2.39. The van der Waals surface area contributed by atoms with E-state index in [2.05, 4.69) is 29.2 Å². The molecule has 3 aromatic carbocycles. The summed E-state index contributed by atoms with van der Waals surface area (Å²) in [5, 5.41) is 1.22. The van der Waals surface area contributed by atoms with Crippen LogP contribution in [0.1, 0.15) is 35.3 Å². The van der Waals surface area contributed by atoms with Gasteiger partial charge in [0.15, 0.2) is 0 Å². The Bertz CT molecular complexity index is 1300. The van der Waals surface area contributed by atoms with Crippen LogP contribution in [0.2, 0.25) is 0 Å². The van der Waals surface area contributed by atoms with Crippen molar-refractivity contribution in [3.05, 3.63) is 101 Å². The number of amides is 1. The van der Waals surface area contributed by atoms with Crippen LogP contribution in [-0.4, -0.2) is 34.7 Å². The highest BCUT2D eigenvalue weighted by atomic mass is 32.2. The number of halogens is 1. The minimum Gasteiger partial charge on any atom is -0.494 e. The van der Waals surface area contributed by atoms with Gasteiger partial charge in [-0.1, -0.05) is 42.5 Å². The Morgan fingerprint density at radius 3 is 2.76 bits per heavy atom. The number of H-pyrrole nitrogens is 1. The van der Waals surface area contributed by atoms with Gasteiger partial charge in [-0.05, 0) is 60.4 Å². The van der Waals surface area contributed by atoms with Crippen molar-refractivity contribution in [1.29, 1.82) is 0 Å². The molecule has 0 saturated heterocycles. The quantitative estimate of drug-likeness (QED) is 0.351. The first-order valence-corrected chi connectivity index (χ1v) is 12.7. The largest absolute Gasteiger partial charge is 0.494 e. The number of hydrogen-bond acceptors (Lipinski definition) is 3. The molecule has 1 atom stereocenters. The molecule has 1 aromatic heterocycles. The third-order valence-corrected chi connectivity index (χ3v) is 7.24. The summed E-state index contributed by atoms with van der Waals surface area (Å²) in [6.45, 7) is 3.22. The van der Waals surface area contributed by atoms with Crippen molar-refractivity contribution in [2.24, 2.45) is 0 Å². The second-order valence-electron chi connectivity index (χ2n) is 8.43. The summed E-state index contributed by atoms with van der Waals surface area (Å²) in [5.74, 6) is 1.70. The number of nitrogens with one attached hydrogen (secondary N) is 1. The van der Waals surface area contributed by atoms with E-state index in [4.69, 9.17) is 4.74 Å². The number of fused-ring (bicyclic) bond motifs is 3. The Hall–Kier alpha value is -3.25. The molecule has 0 spiro atoms. The molecule has 34 heavy (non-hydrogen) atoms. The van der Waals surface area contributed by atoms with Gasteiger partial charge < -0.3 is 14.6 Å². The summed E-state index contributed by atoms with van der Waals surface area (Å²) in [7, 11) is 0. The molecule has 0 radical (unpaired) electrons. The predicted octanol–water partition coefficient (Wildman–Crippen LogP) is 6.11. The average molecular weight is 475 g/mol. The maximum absolute atomic E-state index is 13.5. The van der Waals surface area contributed by atoms with Crippen molar-refractivity contribution in [3.8, 4) is 5.75 Å². The van der Waals surface area contributed by atoms with E-state index in [1.807, 2.05) is 36.1 Å². The zero-order valence-corrected chi connectivity index (χ0v) is 19.9. The van der Waals surface area contributed by atoms with E-state index in [1.54, 1.807) is 23.9 Å². The van der Waals surface area contributed by atoms with Crippen molar-refractivity contribution in [2.75, 3.05) is 18.9 Å². The Balaban J connectivity index is 1.44. The van der Waals surface area contributed by atoms with E-state index in [0.717, 1.165) is 34.5 Å². The van der Waals surface area contributed by atoms with Gasteiger partial charge in [0, 0.05) is 28.9 Å². The summed E-state index contributed by atoms with van der Waals surface area (Å²) in [6.07, 6.45) is 0.815. The number of aromatic amines is 1. The third kappa shape index (κ3) is 4.55. The van der Waals surface area contributed by atoms with Crippen LogP contribution in [0.25, 0.3) is 10.9 Å². The fraction of sp³-hybridized carbons (Fsp3) is 0.250. The number of aromatic nitrogens is 1. The number of carbonyl (C=O) groups is 1. The summed E-state index contributed by atoms with van der Waals surface area (Å²) >= 11 is 1.56. The molecular formula is C28H27FN2O2S. The Morgan fingerprint density at radius 2 is 1.94 bits per heavy atom. The maximum Gasteiger partial charge on any atom is 0.233 e. The zero-order chi connectivity index (χ0) is 23.5. The lowest BCUT2D eigenvalue weighted by Gasteiger charge is -2.36. The topological polar surface area (TPSA) is 45.3 Å². The lowest BCUT2D eigenvalue weighted by atomic mass is 9.92. The van der Waals surface area contributed by atoms with Crippen LogP contribution in [-0.2, 0) is 17.0 Å². The summed E-state index contributed by atoms with van der Waals surface area (Å²) < 4.78 is 18.9. The van der Waals surface area contributed by atoms with Gasteiger partial charge in [-0.25, -0.2) is 4.39 Å². The molecule has 174 valence electrons. The van der Waals surface area contributed by atoms with Crippen molar-refractivity contribution < 1.29 is 13.9 Å². The van der Waals surface area contributed by atoms with Crippen LogP contribution in [0.5, 0.6) is 5.75 Å². The fourth-order valence-electron chi connectivity index (χ4n) is 4.72. The van der Waals surface area contributed by atoms with Crippen molar-refractivity contribution in [2.45, 2.75) is 25.1 Å². The number of thioether (sulfide) groups is 1. The molecule has 4 aromatic rings. The molecule has 1 N–H and O–H groups in total. The van der Waals surface area contributed by atoms with E-state index >= 15 is 0 Å². The minimum absolute atomic E-state index is 0.100. The molecule has 0 saturated carbocycles. The van der Waals surface area contributed by atoms with Gasteiger partial charge in [0.1, 0.15) is 11.6 Å². The highest BCUT2D eigenvalue weighted by Gasteiger charge is 2.34. The van der Waals surface area contributed by atoms with Gasteiger partial charge in [0.2, 0.25) is 5.91 Å². The second-order valence-corrected chi connectivity index (χ2v) is 9.41. The molecule has 4 nitrogen and oxygen atoms in total. The van der Waals surface area contributed by atoms with Crippen LogP contribution in [0.4, 0.5) is 4.39 Å². The Morgan fingerprint density at radius 1 is 1.12 bits per heavy atom. The molecule has 1 aliphatic heterocycles. The van der Waals surface area contributed by atoms with Crippen LogP contribution >= 0.6 is 11.8 Å². The molecule has 0 unspecified atom stereocenters. The van der Waals surface area contributed by atoms with Crippen molar-refractivity contribution in [3.63, 3.8) is 0 Å². The minimum atomic E-state index is -0.246. The SMILES string of the molecule is CCOc1cccc([C@@H]2c3[nH]c4ccccc4c3CCN2C(=O)CSCc2ccc(F)cc2)c1. The molecule has 0 fully saturated rings. The van der Waals surface area contributed by atoms with E-state index < -0.39 is 0 Å². The zero-order valence-electron chi connectivity index (χ0n) is 19.1. The first-order valence-electron chi connectivity index (χ1n) is 11.6. The van der Waals surface area contributed by atoms with Crippen LogP contribution < -0.4 is 4.74 Å². The predicted molar refractivity (Wildman–Crippen MR) is 136 cm³/mol. The maximum atomic E-state index is 13.5. The number of rotatable bonds is 7. The van der Waals surface area contributed by atoms with E-state index in [-0.39, 0.29) is 17.8 Å². The monoisotopic (exact) mass is 474 g/mol. The normalized spacial score (nSPS) is 15.4. The van der Waals surface area contributed by atoms with Gasteiger partial charge in [-0.3, -0.25) is 4.79 Å². The van der Waals surface area contributed by atoms with Gasteiger partial charge in [0.25, 0.3) is 0 Å². The van der Waals surface area contributed by atoms with E-state index in [1.165, 1.54) is 23.1 Å². The van der Waals surface area contributed by atoms with Crippen molar-refractivity contribution in [1.82, 2.24) is 9.88 Å². The molecule has 1 aliphatic rings. The summed E-state index contributed by atoms with van der Waals surface area (Å²) in [6, 6.07) is 22.6. The average Bonchev–Trinajstić information content (AvgIpc) is 3.24. The lowest BCUT2D eigenvalue weighted by molar-refractivity contribution is -0.130. The highest BCUT2D eigenvalue weighted by molar-refractivity contribution is 7.99. The Kier molecular flexibility index (Phi) is 6.59. The van der Waals surface area contributed by atoms with Gasteiger partial charge >= 0.3 is 0 Å². The van der Waals surface area contributed by atoms with E-state index in [0.29, 0.717) is 24.7 Å². The van der Waals surface area contributed by atoms with Gasteiger partial charge in [-0.2, -0.15) is 0 Å². The smallest absolute Gasteiger partial charge is 0.233 e. The molecule has 2 heterocycles. The van der Waals surface area contributed by atoms with Crippen LogP contribution in [0, 0.1) is 5.82 Å². The number of ether oxygens (including phenoxy) is 1. The van der Waals surface area contributed by atoms with Crippen LogP contribution in [0.15, 0.2) is 72.8 Å². The molecule has 1 amide bonds. The molecule has 6 heteroatoms. The molecular weight excluding hydrogens is 447 g/mol. The van der Waals surface area contributed by atoms with E-state index in [9.17, 15) is 9.18 Å². The summed E-state index contributed by atoms with van der Waals surface area (Å²) in [4.78, 5) is 19.1. The standard InChI is InChI=1S/C28H27FN2O2S/c1-2-33-22-7-5-6-20(16-22)28-27-24(23-8-3-4-9-25(23)30-27)14-15-31(28)26(32)18-34-17-19-10-12-21(29)13-11-19/h3-13,16,28,30H,2,14-15,17-18H2,1H3/t28-/m1/s1. The van der Waals surface area contributed by atoms with Gasteiger partial charge in [-0.15, -0.1) is 11.8 Å². The summed E-state index contributed by atoms with van der Waals surface area (Å²) in [5.41, 5.74) is 5.51. The third-order valence-electron chi connectivity index (χ3n) is 6.25. The first-order chi connectivity index (χ1) is 16.6. The Labute approximate surface area is 203 Å². The second kappa shape index (κ2) is 9.94. The number of nitrogens with zero attached hydrogens (tertiary/aromatic N) is 1. The van der Waals surface area contributed by atoms with Crippen molar-refractivity contribution >= 4 is 28.6 Å². The number of para-hydroxylation sites is 1. The van der Waals surface area contributed by atoms with Crippen LogP contribution in [0.3, 0.4) is 0 Å². The number of hydrogen-bond donors (Lipinski definition) is 1. The molecule has 0 bridgehead atoms. The number of benzene rings is 3. The van der Waals surface area contributed by atoms with Gasteiger partial charge in [0.05, 0.1) is 18.4 Å². The lowest BCUT2D eigenvalue weighted by Crippen LogP contribution is -2.41. The first kappa shape index (κ1) is 22.5. The molecule has 5 rings (SSSR count). The molecule has 0 aliphatic carbocycles. The fourth-order valence-corrected chi connectivity index (χ4v) is 5.59. The number of carbonyl (C=O) groups excluding carboxylic acids is 1.